The number of anilines is 1. The monoisotopic (exact) mass is 660 g/mol. The van der Waals surface area contributed by atoms with E-state index in [-0.39, 0.29) is 48.5 Å². The average molecular weight is 661 g/mol. The summed E-state index contributed by atoms with van der Waals surface area (Å²) in [7, 11) is -3.23. The van der Waals surface area contributed by atoms with Crippen LogP contribution in [-0.4, -0.2) is 83.4 Å². The van der Waals surface area contributed by atoms with Gasteiger partial charge >= 0.3 is 0 Å². The highest BCUT2D eigenvalue weighted by molar-refractivity contribution is 7.91. The predicted octanol–water partition coefficient (Wildman–Crippen LogP) is 2.86. The van der Waals surface area contributed by atoms with E-state index in [2.05, 4.69) is 28.0 Å². The molecule has 0 bridgehead atoms. The third-order valence-electron chi connectivity index (χ3n) is 9.19. The van der Waals surface area contributed by atoms with E-state index in [1.54, 1.807) is 30.7 Å². The van der Waals surface area contributed by atoms with Gasteiger partial charge in [-0.25, -0.2) is 12.8 Å². The summed E-state index contributed by atoms with van der Waals surface area (Å²) in [5.74, 6) is -3.09. The fourth-order valence-electron chi connectivity index (χ4n) is 6.13. The van der Waals surface area contributed by atoms with E-state index in [1.807, 2.05) is 6.92 Å². The molecule has 2 fully saturated rings. The molecule has 1 aliphatic heterocycles. The average Bonchev–Trinajstić information content (AvgIpc) is 3.52. The van der Waals surface area contributed by atoms with E-state index in [0.717, 1.165) is 25.7 Å². The number of aromatic nitrogens is 2. The van der Waals surface area contributed by atoms with Crippen molar-refractivity contribution in [1.29, 1.82) is 0 Å². The molecule has 1 saturated carbocycles. The molecule has 2 aromatic rings. The van der Waals surface area contributed by atoms with Crippen molar-refractivity contribution >= 4 is 39.2 Å². The maximum atomic E-state index is 15.6. The van der Waals surface area contributed by atoms with Gasteiger partial charge in [0.1, 0.15) is 23.6 Å². The van der Waals surface area contributed by atoms with Gasteiger partial charge in [0.2, 0.25) is 17.7 Å². The van der Waals surface area contributed by atoms with E-state index >= 15 is 4.39 Å². The molecule has 1 aromatic heterocycles. The summed E-state index contributed by atoms with van der Waals surface area (Å²) in [5.41, 5.74) is 0.665. The van der Waals surface area contributed by atoms with Crippen LogP contribution in [0.5, 0.6) is 0 Å². The van der Waals surface area contributed by atoms with Crippen LogP contribution in [0.3, 0.4) is 0 Å². The normalized spacial score (nSPS) is 21.5. The van der Waals surface area contributed by atoms with Gasteiger partial charge in [-0.15, -0.1) is 0 Å². The summed E-state index contributed by atoms with van der Waals surface area (Å²) in [5, 5.41) is 12.4. The van der Waals surface area contributed by atoms with Crippen molar-refractivity contribution in [2.75, 3.05) is 29.9 Å². The van der Waals surface area contributed by atoms with Gasteiger partial charge in [0, 0.05) is 38.2 Å². The van der Waals surface area contributed by atoms with Crippen molar-refractivity contribution in [2.45, 2.75) is 84.3 Å². The third-order valence-corrected chi connectivity index (χ3v) is 10.8. The molecule has 0 radical (unpaired) electrons. The topological polar surface area (TPSA) is 160 Å². The Balaban J connectivity index is 1.52. The van der Waals surface area contributed by atoms with E-state index < -0.39 is 51.4 Å². The molecule has 0 spiro atoms. The standard InChI is InChI=1S/C32H45FN6O6S/c1-5-27(40)36-28(32(43)38-15-17-46(44,45)18-16-38)21(4)23-11-12-25(24(33)19-23)35-31(42)29(22-9-7-20(3)8-10-22)37-30(41)26-13-14-34-39(26)6-2/h11-14,19-22,28-29H,5-10,15-18H2,1-4H3,(H,35,42)(H,36,40)(H,37,41)/t20-,21-,22-,28+,29-/m0/s1. The SMILES string of the molecule is CCC(=O)N[C@@H](C(=O)N1CCS(=O)(=O)CC1)[C@@H](C)c1ccc(NC(=O)[C@@H](NC(=O)c2ccnn2CC)[C@H]2CC[C@H](C)CC2)c(F)c1. The lowest BCUT2D eigenvalue weighted by atomic mass is 9.79. The molecule has 2 aliphatic rings. The Bertz CT molecular complexity index is 1520. The zero-order chi connectivity index (χ0) is 33.6. The Labute approximate surface area is 269 Å². The fraction of sp³-hybridized carbons (Fsp3) is 0.594. The number of hydrogen-bond donors (Lipinski definition) is 3. The quantitative estimate of drug-likeness (QED) is 0.334. The largest absolute Gasteiger partial charge is 0.344 e. The van der Waals surface area contributed by atoms with Gasteiger partial charge in [0.15, 0.2) is 9.84 Å². The Hall–Kier alpha value is -3.81. The first-order valence-corrected chi connectivity index (χ1v) is 17.9. The number of carbonyl (C=O) groups is 4. The van der Waals surface area contributed by atoms with Gasteiger partial charge in [-0.05, 0) is 55.4 Å². The molecule has 0 unspecified atom stereocenters. The molecule has 3 atom stereocenters. The van der Waals surface area contributed by atoms with Crippen molar-refractivity contribution in [3.63, 3.8) is 0 Å². The summed E-state index contributed by atoms with van der Waals surface area (Å²) in [6.45, 7) is 7.87. The Morgan fingerprint density at radius 3 is 2.30 bits per heavy atom. The number of hydrogen-bond acceptors (Lipinski definition) is 7. The van der Waals surface area contributed by atoms with E-state index in [9.17, 15) is 27.6 Å². The lowest BCUT2D eigenvalue weighted by Crippen LogP contribution is -2.54. The second-order valence-electron chi connectivity index (χ2n) is 12.4. The Morgan fingerprint density at radius 1 is 1.02 bits per heavy atom. The number of rotatable bonds is 11. The molecule has 12 nitrogen and oxygen atoms in total. The van der Waals surface area contributed by atoms with Crippen LogP contribution < -0.4 is 16.0 Å². The second kappa shape index (κ2) is 15.2. The molecule has 3 N–H and O–H groups in total. The lowest BCUT2D eigenvalue weighted by Gasteiger charge is -2.33. The summed E-state index contributed by atoms with van der Waals surface area (Å²) >= 11 is 0. The van der Waals surface area contributed by atoms with E-state index in [0.29, 0.717) is 23.7 Å². The number of nitrogens with zero attached hydrogens (tertiary/aromatic N) is 3. The van der Waals surface area contributed by atoms with Crippen molar-refractivity contribution in [2.24, 2.45) is 11.8 Å². The predicted molar refractivity (Wildman–Crippen MR) is 171 cm³/mol. The maximum Gasteiger partial charge on any atom is 0.270 e. The third kappa shape index (κ3) is 8.51. The highest BCUT2D eigenvalue weighted by Crippen LogP contribution is 2.32. The molecule has 1 aliphatic carbocycles. The number of nitrogens with one attached hydrogen (secondary N) is 3. The van der Waals surface area contributed by atoms with Gasteiger partial charge in [-0.3, -0.25) is 23.9 Å². The number of amides is 4. The first kappa shape index (κ1) is 35.1. The lowest BCUT2D eigenvalue weighted by molar-refractivity contribution is -0.136. The first-order chi connectivity index (χ1) is 21.8. The van der Waals surface area contributed by atoms with Crippen molar-refractivity contribution in [1.82, 2.24) is 25.3 Å². The summed E-state index contributed by atoms with van der Waals surface area (Å²) < 4.78 is 40.9. The number of sulfone groups is 1. The molecule has 2 heterocycles. The van der Waals surface area contributed by atoms with Gasteiger partial charge in [-0.1, -0.05) is 39.7 Å². The van der Waals surface area contributed by atoms with Crippen LogP contribution in [0.1, 0.15) is 81.8 Å². The second-order valence-corrected chi connectivity index (χ2v) is 14.7. The zero-order valence-corrected chi connectivity index (χ0v) is 27.7. The molecule has 4 amide bonds. The molecular weight excluding hydrogens is 615 g/mol. The van der Waals surface area contributed by atoms with Crippen LogP contribution in [0.25, 0.3) is 0 Å². The fourth-order valence-corrected chi connectivity index (χ4v) is 7.34. The zero-order valence-electron chi connectivity index (χ0n) is 26.9. The molecule has 252 valence electrons. The molecular formula is C32H45FN6O6S. The minimum absolute atomic E-state index is 0.0180. The Kier molecular flexibility index (Phi) is 11.6. The van der Waals surface area contributed by atoms with Crippen molar-refractivity contribution < 1.29 is 32.0 Å². The summed E-state index contributed by atoms with van der Waals surface area (Å²) in [4.78, 5) is 54.1. The van der Waals surface area contributed by atoms with Gasteiger partial charge in [0.25, 0.3) is 5.91 Å². The minimum atomic E-state index is -3.23. The minimum Gasteiger partial charge on any atom is -0.344 e. The van der Waals surface area contributed by atoms with Crippen molar-refractivity contribution in [3.8, 4) is 0 Å². The first-order valence-electron chi connectivity index (χ1n) is 16.0. The smallest absolute Gasteiger partial charge is 0.270 e. The Morgan fingerprint density at radius 2 is 1.70 bits per heavy atom. The molecule has 1 aromatic carbocycles. The summed E-state index contributed by atoms with van der Waals surface area (Å²) in [6.07, 6.45) is 4.97. The van der Waals surface area contributed by atoms with Gasteiger partial charge in [-0.2, -0.15) is 5.10 Å². The van der Waals surface area contributed by atoms with Crippen LogP contribution in [0, 0.1) is 17.7 Å². The molecule has 46 heavy (non-hydrogen) atoms. The number of halogens is 1. The highest BCUT2D eigenvalue weighted by atomic mass is 32.2. The highest BCUT2D eigenvalue weighted by Gasteiger charge is 2.36. The van der Waals surface area contributed by atoms with Crippen LogP contribution >= 0.6 is 0 Å². The molecule has 14 heteroatoms. The van der Waals surface area contributed by atoms with Crippen LogP contribution in [0.2, 0.25) is 0 Å². The number of carbonyl (C=O) groups excluding carboxylic acids is 4. The number of benzene rings is 1. The van der Waals surface area contributed by atoms with Gasteiger partial charge in [0.05, 0.1) is 17.2 Å². The summed E-state index contributed by atoms with van der Waals surface area (Å²) in [6, 6.07) is 3.86. The van der Waals surface area contributed by atoms with E-state index in [4.69, 9.17) is 0 Å². The molecule has 4 rings (SSSR count). The maximum absolute atomic E-state index is 15.6. The number of aryl methyl sites for hydroxylation is 1. The van der Waals surface area contributed by atoms with Crippen LogP contribution in [0.15, 0.2) is 30.5 Å². The van der Waals surface area contributed by atoms with Crippen molar-refractivity contribution in [3.05, 3.63) is 47.5 Å². The van der Waals surface area contributed by atoms with Gasteiger partial charge < -0.3 is 20.9 Å². The van der Waals surface area contributed by atoms with E-state index in [1.165, 1.54) is 23.2 Å². The molecule has 1 saturated heterocycles. The van der Waals surface area contributed by atoms with Crippen LogP contribution in [-0.2, 0) is 30.8 Å². The van der Waals surface area contributed by atoms with Crippen LogP contribution in [0.4, 0.5) is 10.1 Å².